The SMILES string of the molecule is C=C/C(C)=N\C(=C)N1C(=O)c2ccc(Br)cc2C1=O. The number of halogens is 1. The molecule has 0 fully saturated rings. The van der Waals surface area contributed by atoms with Crippen molar-refractivity contribution < 1.29 is 9.59 Å². The van der Waals surface area contributed by atoms with E-state index in [1.54, 1.807) is 25.1 Å². The molecule has 0 bridgehead atoms. The highest BCUT2D eigenvalue weighted by atomic mass is 79.9. The van der Waals surface area contributed by atoms with E-state index >= 15 is 0 Å². The molecule has 0 spiro atoms. The number of nitrogens with zero attached hydrogens (tertiary/aromatic N) is 2. The van der Waals surface area contributed by atoms with Crippen molar-refractivity contribution in [3.8, 4) is 0 Å². The zero-order valence-corrected chi connectivity index (χ0v) is 11.9. The van der Waals surface area contributed by atoms with Gasteiger partial charge in [-0.2, -0.15) is 0 Å². The number of benzene rings is 1. The van der Waals surface area contributed by atoms with E-state index in [-0.39, 0.29) is 5.82 Å². The summed E-state index contributed by atoms with van der Waals surface area (Å²) in [6, 6.07) is 4.94. The molecule has 1 aliphatic rings. The molecule has 0 unspecified atom stereocenters. The number of carbonyl (C=O) groups excluding carboxylic acids is 2. The average Bonchev–Trinajstić information content (AvgIpc) is 2.61. The van der Waals surface area contributed by atoms with Crippen molar-refractivity contribution in [2.24, 2.45) is 4.99 Å². The van der Waals surface area contributed by atoms with Crippen LogP contribution in [0.1, 0.15) is 27.6 Å². The van der Waals surface area contributed by atoms with Gasteiger partial charge in [0.1, 0.15) is 5.82 Å². The molecule has 0 radical (unpaired) electrons. The van der Waals surface area contributed by atoms with Crippen LogP contribution in [0.4, 0.5) is 0 Å². The summed E-state index contributed by atoms with van der Waals surface area (Å²) in [5, 5.41) is 0. The van der Waals surface area contributed by atoms with E-state index in [1.165, 1.54) is 6.08 Å². The van der Waals surface area contributed by atoms with Gasteiger partial charge in [0.05, 0.1) is 11.1 Å². The molecule has 0 aliphatic carbocycles. The van der Waals surface area contributed by atoms with Gasteiger partial charge in [0.15, 0.2) is 0 Å². The Morgan fingerprint density at radius 2 is 1.95 bits per heavy atom. The fraction of sp³-hybridized carbons (Fsp3) is 0.0714. The maximum Gasteiger partial charge on any atom is 0.267 e. The first-order chi connectivity index (χ1) is 8.95. The minimum Gasteiger partial charge on any atom is -0.268 e. The van der Waals surface area contributed by atoms with E-state index in [2.05, 4.69) is 34.1 Å². The summed E-state index contributed by atoms with van der Waals surface area (Å²) < 4.78 is 0.741. The highest BCUT2D eigenvalue weighted by Gasteiger charge is 2.37. The largest absolute Gasteiger partial charge is 0.268 e. The molecule has 19 heavy (non-hydrogen) atoms. The number of amides is 2. The number of rotatable bonds is 3. The smallest absolute Gasteiger partial charge is 0.267 e. The second kappa shape index (κ2) is 4.93. The van der Waals surface area contributed by atoms with Gasteiger partial charge >= 0.3 is 0 Å². The van der Waals surface area contributed by atoms with Gasteiger partial charge in [0.2, 0.25) is 0 Å². The Hall–Kier alpha value is -2.01. The number of hydrogen-bond donors (Lipinski definition) is 0. The fourth-order valence-corrected chi connectivity index (χ4v) is 2.11. The number of allylic oxidation sites excluding steroid dienone is 1. The summed E-state index contributed by atoms with van der Waals surface area (Å²) in [5.74, 6) is -0.718. The van der Waals surface area contributed by atoms with Crippen LogP contribution in [0.5, 0.6) is 0 Å². The molecule has 0 N–H and O–H groups in total. The van der Waals surface area contributed by atoms with Crippen LogP contribution in [-0.4, -0.2) is 22.4 Å². The van der Waals surface area contributed by atoms with Crippen molar-refractivity contribution in [3.05, 3.63) is 58.9 Å². The Labute approximate surface area is 119 Å². The fourth-order valence-electron chi connectivity index (χ4n) is 1.75. The summed E-state index contributed by atoms with van der Waals surface area (Å²) in [6.45, 7) is 8.95. The monoisotopic (exact) mass is 318 g/mol. The lowest BCUT2D eigenvalue weighted by molar-refractivity contribution is 0.0703. The standard InChI is InChI=1S/C14H11BrN2O2/c1-4-8(2)16-9(3)17-13(18)11-6-5-10(15)7-12(11)14(17)19/h4-7H,1,3H2,2H3/b16-8-. The minimum absolute atomic E-state index is 0.0970. The van der Waals surface area contributed by atoms with Gasteiger partial charge < -0.3 is 0 Å². The van der Waals surface area contributed by atoms with Gasteiger partial charge in [-0.25, -0.2) is 9.89 Å². The number of carbonyl (C=O) groups is 2. The predicted octanol–water partition coefficient (Wildman–Crippen LogP) is 3.16. The van der Waals surface area contributed by atoms with E-state index in [0.717, 1.165) is 9.37 Å². The molecule has 1 aromatic carbocycles. The Balaban J connectivity index is 2.43. The molecule has 5 heteroatoms. The van der Waals surface area contributed by atoms with Crippen molar-refractivity contribution >= 4 is 33.5 Å². The molecule has 0 atom stereocenters. The first kappa shape index (κ1) is 13.4. The van der Waals surface area contributed by atoms with Crippen molar-refractivity contribution in [1.82, 2.24) is 4.90 Å². The van der Waals surface area contributed by atoms with Gasteiger partial charge in [0, 0.05) is 10.2 Å². The van der Waals surface area contributed by atoms with Crippen LogP contribution in [-0.2, 0) is 0 Å². The van der Waals surface area contributed by atoms with Crippen molar-refractivity contribution in [2.45, 2.75) is 6.92 Å². The molecule has 0 aromatic heterocycles. The summed E-state index contributed by atoms with van der Waals surface area (Å²) in [6.07, 6.45) is 1.53. The summed E-state index contributed by atoms with van der Waals surface area (Å²) >= 11 is 3.28. The Kier molecular flexibility index (Phi) is 3.48. The quantitative estimate of drug-likeness (QED) is 0.635. The molecule has 2 rings (SSSR count). The van der Waals surface area contributed by atoms with Gasteiger partial charge in [-0.3, -0.25) is 9.59 Å². The van der Waals surface area contributed by atoms with Gasteiger partial charge in [-0.15, -0.1) is 0 Å². The number of hydrogen-bond acceptors (Lipinski definition) is 3. The minimum atomic E-state index is -0.410. The van der Waals surface area contributed by atoms with Crippen LogP contribution < -0.4 is 0 Å². The van der Waals surface area contributed by atoms with Crippen LogP contribution in [0.2, 0.25) is 0 Å². The molecule has 0 saturated heterocycles. The third-order valence-electron chi connectivity index (χ3n) is 2.71. The lowest BCUT2D eigenvalue weighted by Gasteiger charge is -2.12. The van der Waals surface area contributed by atoms with Crippen LogP contribution in [0, 0.1) is 0 Å². The molecule has 96 valence electrons. The first-order valence-electron chi connectivity index (χ1n) is 5.50. The molecular formula is C14H11BrN2O2. The Morgan fingerprint density at radius 3 is 2.58 bits per heavy atom. The topological polar surface area (TPSA) is 49.7 Å². The molecule has 1 aliphatic heterocycles. The maximum absolute atomic E-state index is 12.2. The second-order valence-corrected chi connectivity index (χ2v) is 4.92. The van der Waals surface area contributed by atoms with Crippen molar-refractivity contribution in [3.63, 3.8) is 0 Å². The van der Waals surface area contributed by atoms with Crippen LogP contribution in [0.25, 0.3) is 0 Å². The lowest BCUT2D eigenvalue weighted by Crippen LogP contribution is -2.28. The molecule has 1 heterocycles. The number of fused-ring (bicyclic) bond motifs is 1. The summed E-state index contributed by atoms with van der Waals surface area (Å²) in [5.41, 5.74) is 1.30. The average molecular weight is 319 g/mol. The number of aliphatic imine (C=N–C) groups is 1. The van der Waals surface area contributed by atoms with Crippen LogP contribution >= 0.6 is 15.9 Å². The molecule has 2 amide bonds. The van der Waals surface area contributed by atoms with Gasteiger partial charge in [0.25, 0.3) is 11.8 Å². The Bertz CT molecular complexity index is 647. The third-order valence-corrected chi connectivity index (χ3v) is 3.20. The van der Waals surface area contributed by atoms with Crippen molar-refractivity contribution in [2.75, 3.05) is 0 Å². The van der Waals surface area contributed by atoms with E-state index in [1.807, 2.05) is 0 Å². The van der Waals surface area contributed by atoms with Crippen LogP contribution in [0.3, 0.4) is 0 Å². The van der Waals surface area contributed by atoms with E-state index in [9.17, 15) is 9.59 Å². The zero-order chi connectivity index (χ0) is 14.2. The lowest BCUT2D eigenvalue weighted by atomic mass is 10.1. The Morgan fingerprint density at radius 1 is 1.32 bits per heavy atom. The predicted molar refractivity (Wildman–Crippen MR) is 77.1 cm³/mol. The maximum atomic E-state index is 12.2. The van der Waals surface area contributed by atoms with E-state index < -0.39 is 11.8 Å². The van der Waals surface area contributed by atoms with Gasteiger partial charge in [-0.1, -0.05) is 29.1 Å². The normalized spacial score (nSPS) is 14.6. The molecule has 4 nitrogen and oxygen atoms in total. The van der Waals surface area contributed by atoms with Crippen molar-refractivity contribution in [1.29, 1.82) is 0 Å². The van der Waals surface area contributed by atoms with Gasteiger partial charge in [-0.05, 0) is 31.2 Å². The number of imide groups is 1. The van der Waals surface area contributed by atoms with E-state index in [4.69, 9.17) is 0 Å². The molecule has 0 saturated carbocycles. The second-order valence-electron chi connectivity index (χ2n) is 4.01. The first-order valence-corrected chi connectivity index (χ1v) is 6.30. The summed E-state index contributed by atoms with van der Waals surface area (Å²) in [7, 11) is 0. The molecular weight excluding hydrogens is 308 g/mol. The van der Waals surface area contributed by atoms with E-state index in [0.29, 0.717) is 16.8 Å². The highest BCUT2D eigenvalue weighted by molar-refractivity contribution is 9.10. The molecule has 1 aromatic rings. The third kappa shape index (κ3) is 2.29. The van der Waals surface area contributed by atoms with Crippen LogP contribution in [0.15, 0.2) is 52.7 Å². The summed E-state index contributed by atoms with van der Waals surface area (Å²) in [4.78, 5) is 29.4. The highest BCUT2D eigenvalue weighted by Crippen LogP contribution is 2.28. The zero-order valence-electron chi connectivity index (χ0n) is 10.3.